The molecule has 4 nitrogen and oxygen atoms in total. The minimum absolute atomic E-state index is 0.0620. The highest BCUT2D eigenvalue weighted by Gasteiger charge is 2.29. The first-order valence-corrected chi connectivity index (χ1v) is 8.41. The zero-order valence-corrected chi connectivity index (χ0v) is 14.3. The second-order valence-corrected chi connectivity index (χ2v) is 6.59. The van der Waals surface area contributed by atoms with Crippen LogP contribution in [0.2, 0.25) is 10.0 Å². The molecular formula is C18H16Cl2N2O2. The summed E-state index contributed by atoms with van der Waals surface area (Å²) in [5.74, 6) is -0.0176. The van der Waals surface area contributed by atoms with Crippen LogP contribution in [0.1, 0.15) is 28.8 Å². The van der Waals surface area contributed by atoms with Gasteiger partial charge in [0.15, 0.2) is 0 Å². The van der Waals surface area contributed by atoms with Crippen LogP contribution in [-0.2, 0) is 11.3 Å². The van der Waals surface area contributed by atoms with Gasteiger partial charge in [0.25, 0.3) is 5.91 Å². The molecule has 0 bridgehead atoms. The van der Waals surface area contributed by atoms with Crippen molar-refractivity contribution in [2.75, 3.05) is 5.32 Å². The van der Waals surface area contributed by atoms with Crippen LogP contribution in [0.5, 0.6) is 0 Å². The van der Waals surface area contributed by atoms with E-state index in [2.05, 4.69) is 10.6 Å². The van der Waals surface area contributed by atoms with Gasteiger partial charge in [-0.15, -0.1) is 0 Å². The van der Waals surface area contributed by atoms with Gasteiger partial charge >= 0.3 is 0 Å². The van der Waals surface area contributed by atoms with Crippen LogP contribution in [0.15, 0.2) is 42.5 Å². The Kier molecular flexibility index (Phi) is 5.07. The number of halogens is 2. The van der Waals surface area contributed by atoms with E-state index >= 15 is 0 Å². The summed E-state index contributed by atoms with van der Waals surface area (Å²) < 4.78 is 0. The predicted octanol–water partition coefficient (Wildman–Crippen LogP) is 4.27. The number of benzene rings is 2. The van der Waals surface area contributed by atoms with Gasteiger partial charge in [0.05, 0.1) is 10.0 Å². The molecule has 1 aliphatic carbocycles. The Hall–Kier alpha value is -2.04. The Morgan fingerprint density at radius 1 is 1.04 bits per heavy atom. The van der Waals surface area contributed by atoms with E-state index in [9.17, 15) is 9.59 Å². The van der Waals surface area contributed by atoms with Crippen molar-refractivity contribution >= 4 is 40.7 Å². The van der Waals surface area contributed by atoms with Crippen LogP contribution in [0.4, 0.5) is 5.69 Å². The molecule has 0 spiro atoms. The molecule has 1 aliphatic rings. The van der Waals surface area contributed by atoms with Gasteiger partial charge in [-0.3, -0.25) is 9.59 Å². The summed E-state index contributed by atoms with van der Waals surface area (Å²) in [5.41, 5.74) is 2.09. The number of nitrogens with one attached hydrogen (secondary N) is 2. The van der Waals surface area contributed by atoms with Crippen molar-refractivity contribution < 1.29 is 9.59 Å². The SMILES string of the molecule is O=C(NCc1cccc(NC(=O)C2CC2)c1)c1ccc(Cl)c(Cl)c1. The standard InChI is InChI=1S/C18H16Cl2N2O2/c19-15-7-6-13(9-16(15)20)17(23)21-10-11-2-1-3-14(8-11)22-18(24)12-4-5-12/h1-3,6-9,12H,4-5,10H2,(H,21,23)(H,22,24). The summed E-state index contributed by atoms with van der Waals surface area (Å²) in [6.07, 6.45) is 1.93. The van der Waals surface area contributed by atoms with Gasteiger partial charge in [-0.2, -0.15) is 0 Å². The van der Waals surface area contributed by atoms with Crippen molar-refractivity contribution in [3.63, 3.8) is 0 Å². The molecule has 24 heavy (non-hydrogen) atoms. The number of amides is 2. The maximum Gasteiger partial charge on any atom is 0.251 e. The quantitative estimate of drug-likeness (QED) is 0.834. The molecule has 0 unspecified atom stereocenters. The van der Waals surface area contributed by atoms with Gasteiger partial charge in [-0.05, 0) is 48.7 Å². The third-order valence-electron chi connectivity index (χ3n) is 3.78. The van der Waals surface area contributed by atoms with Crippen LogP contribution in [0.25, 0.3) is 0 Å². The maximum absolute atomic E-state index is 12.2. The third-order valence-corrected chi connectivity index (χ3v) is 4.52. The molecule has 1 fully saturated rings. The topological polar surface area (TPSA) is 58.2 Å². The Morgan fingerprint density at radius 2 is 1.83 bits per heavy atom. The minimum Gasteiger partial charge on any atom is -0.348 e. The fraction of sp³-hybridized carbons (Fsp3) is 0.222. The molecule has 0 atom stereocenters. The molecule has 1 saturated carbocycles. The molecule has 0 heterocycles. The Labute approximate surface area is 150 Å². The summed E-state index contributed by atoms with van der Waals surface area (Å²) in [6, 6.07) is 12.2. The van der Waals surface area contributed by atoms with Crippen LogP contribution in [0, 0.1) is 5.92 Å². The van der Waals surface area contributed by atoms with Gasteiger partial charge in [0, 0.05) is 23.7 Å². The number of hydrogen-bond acceptors (Lipinski definition) is 2. The summed E-state index contributed by atoms with van der Waals surface area (Å²) in [6.45, 7) is 0.353. The largest absolute Gasteiger partial charge is 0.348 e. The molecule has 0 saturated heterocycles. The van der Waals surface area contributed by atoms with Gasteiger partial charge in [0.1, 0.15) is 0 Å². The molecule has 0 aromatic heterocycles. The lowest BCUT2D eigenvalue weighted by Crippen LogP contribution is -2.23. The molecule has 2 aromatic carbocycles. The van der Waals surface area contributed by atoms with Crippen molar-refractivity contribution in [2.24, 2.45) is 5.92 Å². The Morgan fingerprint density at radius 3 is 2.54 bits per heavy atom. The van der Waals surface area contributed by atoms with Crippen molar-refractivity contribution in [1.82, 2.24) is 5.32 Å². The minimum atomic E-state index is -0.235. The zero-order valence-electron chi connectivity index (χ0n) is 12.8. The fourth-order valence-corrected chi connectivity index (χ4v) is 2.57. The molecular weight excluding hydrogens is 347 g/mol. The summed E-state index contributed by atoms with van der Waals surface area (Å²) in [4.78, 5) is 24.0. The van der Waals surface area contributed by atoms with Crippen LogP contribution >= 0.6 is 23.2 Å². The zero-order chi connectivity index (χ0) is 17.1. The average Bonchev–Trinajstić information content (AvgIpc) is 3.40. The molecule has 0 aliphatic heterocycles. The lowest BCUT2D eigenvalue weighted by molar-refractivity contribution is -0.117. The van der Waals surface area contributed by atoms with Crippen molar-refractivity contribution in [1.29, 1.82) is 0 Å². The molecule has 6 heteroatoms. The van der Waals surface area contributed by atoms with Crippen molar-refractivity contribution in [3.8, 4) is 0 Å². The molecule has 0 radical (unpaired) electrons. The van der Waals surface area contributed by atoms with Crippen LogP contribution in [-0.4, -0.2) is 11.8 Å². The number of hydrogen-bond donors (Lipinski definition) is 2. The number of carbonyl (C=O) groups is 2. The van der Waals surface area contributed by atoms with E-state index in [0.29, 0.717) is 22.2 Å². The van der Waals surface area contributed by atoms with Gasteiger partial charge in [-0.25, -0.2) is 0 Å². The van der Waals surface area contributed by atoms with E-state index in [0.717, 1.165) is 24.1 Å². The monoisotopic (exact) mass is 362 g/mol. The third kappa shape index (κ3) is 4.28. The number of anilines is 1. The molecule has 2 aromatic rings. The fourth-order valence-electron chi connectivity index (χ4n) is 2.27. The van der Waals surface area contributed by atoms with Crippen LogP contribution < -0.4 is 10.6 Å². The second kappa shape index (κ2) is 7.24. The normalized spacial score (nSPS) is 13.4. The molecule has 3 rings (SSSR count). The van der Waals surface area contributed by atoms with E-state index in [1.807, 2.05) is 24.3 Å². The average molecular weight is 363 g/mol. The summed E-state index contributed by atoms with van der Waals surface area (Å²) in [7, 11) is 0. The Balaban J connectivity index is 1.60. The van der Waals surface area contributed by atoms with Gasteiger partial charge in [-0.1, -0.05) is 35.3 Å². The molecule has 124 valence electrons. The van der Waals surface area contributed by atoms with Gasteiger partial charge < -0.3 is 10.6 Å². The van der Waals surface area contributed by atoms with E-state index in [-0.39, 0.29) is 17.7 Å². The van der Waals surface area contributed by atoms with E-state index < -0.39 is 0 Å². The smallest absolute Gasteiger partial charge is 0.251 e. The first kappa shape index (κ1) is 16.8. The van der Waals surface area contributed by atoms with Crippen molar-refractivity contribution in [3.05, 3.63) is 63.6 Å². The number of carbonyl (C=O) groups excluding carboxylic acids is 2. The van der Waals surface area contributed by atoms with E-state index in [1.165, 1.54) is 6.07 Å². The number of rotatable bonds is 5. The highest BCUT2D eigenvalue weighted by Crippen LogP contribution is 2.30. The highest BCUT2D eigenvalue weighted by atomic mass is 35.5. The first-order valence-electron chi connectivity index (χ1n) is 7.66. The van der Waals surface area contributed by atoms with Crippen molar-refractivity contribution in [2.45, 2.75) is 19.4 Å². The van der Waals surface area contributed by atoms with Crippen LogP contribution in [0.3, 0.4) is 0 Å². The van der Waals surface area contributed by atoms with Gasteiger partial charge in [0.2, 0.25) is 5.91 Å². The molecule has 2 N–H and O–H groups in total. The predicted molar refractivity (Wildman–Crippen MR) is 95.4 cm³/mol. The first-order chi connectivity index (χ1) is 11.5. The Bertz CT molecular complexity index is 788. The summed E-state index contributed by atoms with van der Waals surface area (Å²) >= 11 is 11.8. The van der Waals surface area contributed by atoms with E-state index in [1.54, 1.807) is 12.1 Å². The highest BCUT2D eigenvalue weighted by molar-refractivity contribution is 6.42. The lowest BCUT2D eigenvalue weighted by Gasteiger charge is -2.09. The second-order valence-electron chi connectivity index (χ2n) is 5.78. The van der Waals surface area contributed by atoms with E-state index in [4.69, 9.17) is 23.2 Å². The lowest BCUT2D eigenvalue weighted by atomic mass is 10.1. The molecule has 2 amide bonds. The summed E-state index contributed by atoms with van der Waals surface area (Å²) in [5, 5.41) is 6.47. The maximum atomic E-state index is 12.2.